The Kier molecular flexibility index (Phi) is 5.83. The molecule has 10 heteroatoms. The number of methoxy groups -OCH3 is 1. The normalized spacial score (nSPS) is 14.4. The van der Waals surface area contributed by atoms with Crippen LogP contribution in [0.1, 0.15) is 37.8 Å². The molecule has 4 rings (SSSR count). The molecule has 0 unspecified atom stereocenters. The van der Waals surface area contributed by atoms with E-state index in [0.29, 0.717) is 60.3 Å². The van der Waals surface area contributed by atoms with Crippen molar-refractivity contribution in [1.82, 2.24) is 14.9 Å². The molecule has 1 aliphatic rings. The van der Waals surface area contributed by atoms with Crippen molar-refractivity contribution in [1.29, 1.82) is 5.26 Å². The molecule has 0 atom stereocenters. The maximum Gasteiger partial charge on any atom is 0.339 e. The maximum atomic E-state index is 12.9. The van der Waals surface area contributed by atoms with Gasteiger partial charge in [-0.25, -0.2) is 4.79 Å². The molecule has 1 saturated heterocycles. The van der Waals surface area contributed by atoms with Crippen LogP contribution in [0.4, 0.5) is 5.88 Å². The van der Waals surface area contributed by atoms with Gasteiger partial charge in [0.05, 0.1) is 31.2 Å². The van der Waals surface area contributed by atoms with Crippen molar-refractivity contribution in [2.24, 2.45) is 0 Å². The number of carbonyl (C=O) groups excluding carboxylic acids is 2. The highest BCUT2D eigenvalue weighted by molar-refractivity contribution is 6.02. The summed E-state index contributed by atoms with van der Waals surface area (Å²) < 4.78 is 15.9. The van der Waals surface area contributed by atoms with Crippen molar-refractivity contribution in [2.45, 2.75) is 13.8 Å². The van der Waals surface area contributed by atoms with Crippen LogP contribution in [-0.4, -0.2) is 66.5 Å². The van der Waals surface area contributed by atoms with Crippen molar-refractivity contribution in [2.75, 3.05) is 44.7 Å². The summed E-state index contributed by atoms with van der Waals surface area (Å²) in [6, 6.07) is 5.51. The number of H-pyrrole nitrogens is 1. The van der Waals surface area contributed by atoms with E-state index in [2.05, 4.69) is 16.0 Å². The van der Waals surface area contributed by atoms with Crippen LogP contribution in [0, 0.1) is 25.2 Å². The van der Waals surface area contributed by atoms with Gasteiger partial charge in [-0.05, 0) is 31.5 Å². The summed E-state index contributed by atoms with van der Waals surface area (Å²) in [5.74, 6) is 0.575. The molecule has 3 aromatic rings. The van der Waals surface area contributed by atoms with E-state index in [9.17, 15) is 14.9 Å². The monoisotopic (exact) mass is 437 g/mol. The third-order valence-electron chi connectivity index (χ3n) is 5.58. The Balaban J connectivity index is 1.41. The second-order valence-corrected chi connectivity index (χ2v) is 7.56. The predicted octanol–water partition coefficient (Wildman–Crippen LogP) is 2.54. The highest BCUT2D eigenvalue weighted by Crippen LogP contribution is 2.29. The summed E-state index contributed by atoms with van der Waals surface area (Å²) in [4.78, 5) is 36.1. The number of hydrogen-bond donors (Lipinski definition) is 1. The minimum Gasteiger partial charge on any atom is -0.465 e. The first-order chi connectivity index (χ1) is 15.4. The lowest BCUT2D eigenvalue weighted by Gasteiger charge is -2.34. The third-order valence-corrected chi connectivity index (χ3v) is 5.58. The number of ether oxygens (including phenoxy) is 1. The highest BCUT2D eigenvalue weighted by Gasteiger charge is 2.28. The number of Topliss-reactive ketones (excluding diaryl/α,β-unsaturated/α-hetero) is 1. The van der Waals surface area contributed by atoms with E-state index >= 15 is 0 Å². The summed E-state index contributed by atoms with van der Waals surface area (Å²) in [7, 11) is 1.32. The van der Waals surface area contributed by atoms with E-state index in [0.717, 1.165) is 0 Å². The van der Waals surface area contributed by atoms with E-state index in [4.69, 9.17) is 13.6 Å². The SMILES string of the molecule is COC(=O)c1c(C)[nH]c(C(=O)CN2CCN(c3oc(-c4ccco4)nc3C#N)CC2)c1C. The van der Waals surface area contributed by atoms with Crippen LogP contribution < -0.4 is 4.90 Å². The summed E-state index contributed by atoms with van der Waals surface area (Å²) in [5, 5.41) is 9.44. The number of aromatic nitrogens is 2. The zero-order valence-corrected chi connectivity index (χ0v) is 18.1. The Morgan fingerprint density at radius 2 is 2.03 bits per heavy atom. The molecule has 0 saturated carbocycles. The molecule has 0 aliphatic carbocycles. The number of nitrogens with one attached hydrogen (secondary N) is 1. The average Bonchev–Trinajstić information content (AvgIpc) is 3.52. The molecule has 0 radical (unpaired) electrons. The molecule has 166 valence electrons. The summed E-state index contributed by atoms with van der Waals surface area (Å²) in [5.41, 5.74) is 2.25. The molecule has 1 N–H and O–H groups in total. The van der Waals surface area contributed by atoms with Crippen LogP contribution in [0.3, 0.4) is 0 Å². The summed E-state index contributed by atoms with van der Waals surface area (Å²) in [6.07, 6.45) is 1.52. The Morgan fingerprint density at radius 3 is 2.66 bits per heavy atom. The van der Waals surface area contributed by atoms with Crippen molar-refractivity contribution < 1.29 is 23.2 Å². The van der Waals surface area contributed by atoms with Gasteiger partial charge in [-0.3, -0.25) is 9.69 Å². The van der Waals surface area contributed by atoms with Gasteiger partial charge in [0.2, 0.25) is 11.6 Å². The molecular weight excluding hydrogens is 414 g/mol. The summed E-state index contributed by atoms with van der Waals surface area (Å²) >= 11 is 0. The number of nitriles is 1. The second-order valence-electron chi connectivity index (χ2n) is 7.56. The second kappa shape index (κ2) is 8.72. The topological polar surface area (TPSA) is 129 Å². The minimum atomic E-state index is -0.460. The number of hydrogen-bond acceptors (Lipinski definition) is 9. The Bertz CT molecular complexity index is 1180. The Morgan fingerprint density at radius 1 is 1.28 bits per heavy atom. The molecule has 3 aromatic heterocycles. The van der Waals surface area contributed by atoms with Crippen LogP contribution in [0.2, 0.25) is 0 Å². The van der Waals surface area contributed by atoms with Gasteiger partial charge in [0.1, 0.15) is 6.07 Å². The van der Waals surface area contributed by atoms with E-state index in [1.54, 1.807) is 26.0 Å². The van der Waals surface area contributed by atoms with E-state index in [-0.39, 0.29) is 23.9 Å². The van der Waals surface area contributed by atoms with Crippen molar-refractivity contribution in [3.63, 3.8) is 0 Å². The molecule has 0 amide bonds. The smallest absolute Gasteiger partial charge is 0.339 e. The third kappa shape index (κ3) is 3.90. The van der Waals surface area contributed by atoms with Gasteiger partial charge in [-0.2, -0.15) is 10.2 Å². The minimum absolute atomic E-state index is 0.0910. The van der Waals surface area contributed by atoms with Crippen LogP contribution in [0.15, 0.2) is 27.2 Å². The lowest BCUT2D eigenvalue weighted by atomic mass is 10.1. The van der Waals surface area contributed by atoms with Gasteiger partial charge < -0.3 is 23.5 Å². The quantitative estimate of drug-likeness (QED) is 0.457. The number of oxazole rings is 1. The van der Waals surface area contributed by atoms with Gasteiger partial charge in [0.15, 0.2) is 11.5 Å². The number of rotatable bonds is 6. The first-order valence-corrected chi connectivity index (χ1v) is 10.2. The van der Waals surface area contributed by atoms with Crippen LogP contribution in [0.25, 0.3) is 11.7 Å². The number of ketones is 1. The number of aromatic amines is 1. The zero-order valence-electron chi connectivity index (χ0n) is 18.1. The molecule has 32 heavy (non-hydrogen) atoms. The van der Waals surface area contributed by atoms with Gasteiger partial charge in [-0.15, -0.1) is 0 Å². The van der Waals surface area contributed by atoms with Crippen LogP contribution in [0.5, 0.6) is 0 Å². The highest BCUT2D eigenvalue weighted by atomic mass is 16.5. The standard InChI is InChI=1S/C22H23N5O5/c1-13-18(22(29)30-3)14(2)24-19(13)16(28)12-26-6-8-27(9-7-26)21-15(11-23)25-20(32-21)17-5-4-10-31-17/h4-5,10,24H,6-9,12H2,1-3H3. The largest absolute Gasteiger partial charge is 0.465 e. The molecular formula is C22H23N5O5. The summed E-state index contributed by atoms with van der Waals surface area (Å²) in [6.45, 7) is 6.07. The fraction of sp³-hybridized carbons (Fsp3) is 0.364. The molecule has 0 spiro atoms. The molecule has 1 fully saturated rings. The van der Waals surface area contributed by atoms with E-state index < -0.39 is 5.97 Å². The molecule has 0 aromatic carbocycles. The first-order valence-electron chi connectivity index (χ1n) is 10.2. The number of esters is 1. The molecule has 10 nitrogen and oxygen atoms in total. The van der Waals surface area contributed by atoms with Crippen molar-refractivity contribution in [3.05, 3.63) is 46.6 Å². The number of carbonyl (C=O) groups is 2. The van der Waals surface area contributed by atoms with Crippen LogP contribution >= 0.6 is 0 Å². The van der Waals surface area contributed by atoms with Gasteiger partial charge in [-0.1, -0.05) is 0 Å². The molecule has 1 aliphatic heterocycles. The lowest BCUT2D eigenvalue weighted by molar-refractivity contribution is 0.0599. The number of anilines is 1. The van der Waals surface area contributed by atoms with Crippen molar-refractivity contribution in [3.8, 4) is 17.7 Å². The fourth-order valence-corrected chi connectivity index (χ4v) is 3.93. The van der Waals surface area contributed by atoms with Gasteiger partial charge in [0, 0.05) is 31.9 Å². The van der Waals surface area contributed by atoms with Crippen molar-refractivity contribution >= 4 is 17.6 Å². The molecule has 0 bridgehead atoms. The lowest BCUT2D eigenvalue weighted by Crippen LogP contribution is -2.48. The van der Waals surface area contributed by atoms with Gasteiger partial charge in [0.25, 0.3) is 5.89 Å². The number of piperazine rings is 1. The molecule has 4 heterocycles. The predicted molar refractivity (Wildman–Crippen MR) is 114 cm³/mol. The van der Waals surface area contributed by atoms with Gasteiger partial charge >= 0.3 is 5.97 Å². The van der Waals surface area contributed by atoms with Crippen LogP contribution in [-0.2, 0) is 4.74 Å². The van der Waals surface area contributed by atoms with E-state index in [1.807, 2.05) is 9.80 Å². The number of furan rings is 1. The average molecular weight is 437 g/mol. The maximum absolute atomic E-state index is 12.9. The number of aryl methyl sites for hydroxylation is 1. The Labute approximate surface area is 184 Å². The number of nitrogens with zero attached hydrogens (tertiary/aromatic N) is 4. The fourth-order valence-electron chi connectivity index (χ4n) is 3.93. The first kappa shape index (κ1) is 21.4. The van der Waals surface area contributed by atoms with E-state index in [1.165, 1.54) is 13.4 Å². The Hall–Kier alpha value is -3.84. The zero-order chi connectivity index (χ0) is 22.8.